The molecule has 0 unspecified atom stereocenters. The van der Waals surface area contributed by atoms with Gasteiger partial charge in [-0.3, -0.25) is 0 Å². The molecule has 2 heteroatoms. The molecule has 2 rings (SSSR count). The second kappa shape index (κ2) is 4.46. The molecule has 2 aromatic rings. The molecule has 1 nitrogen and oxygen atoms in total. The number of aliphatic hydroxyl groups is 1. The number of fused-ring (bicyclic) bond motifs is 1. The van der Waals surface area contributed by atoms with Crippen LogP contribution in [-0.4, -0.2) is 5.11 Å². The predicted octanol–water partition coefficient (Wildman–Crippen LogP) is 3.99. The van der Waals surface area contributed by atoms with Crippen LogP contribution in [0.4, 0.5) is 4.39 Å². The number of hydrogen-bond acceptors (Lipinski definition) is 1. The molecule has 0 amide bonds. The van der Waals surface area contributed by atoms with Crippen LogP contribution < -0.4 is 0 Å². The number of halogens is 1. The van der Waals surface area contributed by atoms with E-state index in [0.29, 0.717) is 11.8 Å². The van der Waals surface area contributed by atoms with Gasteiger partial charge in [-0.15, -0.1) is 0 Å². The van der Waals surface area contributed by atoms with Crippen molar-refractivity contribution in [1.29, 1.82) is 0 Å². The highest BCUT2D eigenvalue weighted by molar-refractivity contribution is 5.87. The maximum absolute atomic E-state index is 13.7. The molecule has 17 heavy (non-hydrogen) atoms. The van der Waals surface area contributed by atoms with Gasteiger partial charge in [-0.2, -0.15) is 0 Å². The number of hydrogen-bond donors (Lipinski definition) is 1. The van der Waals surface area contributed by atoms with Gasteiger partial charge >= 0.3 is 0 Å². The average Bonchev–Trinajstić information content (AvgIpc) is 2.29. The Labute approximate surface area is 101 Å². The molecule has 0 aliphatic heterocycles. The van der Waals surface area contributed by atoms with Crippen molar-refractivity contribution in [2.24, 2.45) is 0 Å². The third-order valence-electron chi connectivity index (χ3n) is 3.19. The van der Waals surface area contributed by atoms with Crippen LogP contribution >= 0.6 is 0 Å². The predicted molar refractivity (Wildman–Crippen MR) is 68.4 cm³/mol. The zero-order valence-electron chi connectivity index (χ0n) is 10.2. The van der Waals surface area contributed by atoms with Gasteiger partial charge in [0.05, 0.1) is 5.60 Å². The van der Waals surface area contributed by atoms with Crippen molar-refractivity contribution in [2.45, 2.75) is 32.3 Å². The van der Waals surface area contributed by atoms with Crippen molar-refractivity contribution in [3.05, 3.63) is 47.8 Å². The highest BCUT2D eigenvalue weighted by Crippen LogP contribution is 2.32. The Morgan fingerprint density at radius 3 is 2.41 bits per heavy atom. The lowest BCUT2D eigenvalue weighted by molar-refractivity contribution is 0.0484. The minimum absolute atomic E-state index is 0.239. The first kappa shape index (κ1) is 12.1. The first-order chi connectivity index (χ1) is 8.06. The Kier molecular flexibility index (Phi) is 3.16. The highest BCUT2D eigenvalue weighted by atomic mass is 19.1. The summed E-state index contributed by atoms with van der Waals surface area (Å²) in [5.74, 6) is -0.239. The molecular weight excluding hydrogens is 215 g/mol. The summed E-state index contributed by atoms with van der Waals surface area (Å²) in [6, 6.07) is 10.4. The molecule has 1 N–H and O–H groups in total. The van der Waals surface area contributed by atoms with Gasteiger partial charge in [0, 0.05) is 5.39 Å². The first-order valence-electron chi connectivity index (χ1n) is 5.96. The molecule has 0 spiro atoms. The van der Waals surface area contributed by atoms with Gasteiger partial charge in [0.2, 0.25) is 0 Å². The van der Waals surface area contributed by atoms with Gasteiger partial charge in [-0.1, -0.05) is 43.7 Å². The fourth-order valence-electron chi connectivity index (χ4n) is 2.35. The molecular formula is C15H17FO. The maximum atomic E-state index is 13.7. The van der Waals surface area contributed by atoms with E-state index in [4.69, 9.17) is 0 Å². The Bertz CT molecular complexity index is 531. The Morgan fingerprint density at radius 2 is 1.76 bits per heavy atom. The molecule has 90 valence electrons. The smallest absolute Gasteiger partial charge is 0.131 e. The van der Waals surface area contributed by atoms with Crippen LogP contribution in [0, 0.1) is 5.82 Å². The van der Waals surface area contributed by atoms with Crippen LogP contribution in [0.25, 0.3) is 10.8 Å². The molecule has 0 aromatic heterocycles. The zero-order chi connectivity index (χ0) is 12.5. The lowest BCUT2D eigenvalue weighted by Gasteiger charge is -2.25. The normalized spacial score (nSPS) is 14.8. The van der Waals surface area contributed by atoms with Gasteiger partial charge < -0.3 is 5.11 Å². The standard InChI is InChI=1S/C15H17FO/c1-3-10-15(2,17)13-8-9-14(16)12-7-5-4-6-11(12)13/h4-9,17H,3,10H2,1-2H3/t15-/m0/s1. The summed E-state index contributed by atoms with van der Waals surface area (Å²) in [4.78, 5) is 0. The monoisotopic (exact) mass is 232 g/mol. The van der Waals surface area contributed by atoms with Crippen molar-refractivity contribution in [2.75, 3.05) is 0 Å². The topological polar surface area (TPSA) is 20.2 Å². The molecule has 0 aliphatic carbocycles. The van der Waals surface area contributed by atoms with E-state index < -0.39 is 5.60 Å². The largest absolute Gasteiger partial charge is 0.385 e. The Balaban J connectivity index is 2.67. The summed E-state index contributed by atoms with van der Waals surface area (Å²) in [5, 5.41) is 11.8. The van der Waals surface area contributed by atoms with E-state index in [1.807, 2.05) is 25.1 Å². The number of rotatable bonds is 3. The van der Waals surface area contributed by atoms with Gasteiger partial charge in [0.1, 0.15) is 5.82 Å². The fourth-order valence-corrected chi connectivity index (χ4v) is 2.35. The molecule has 0 saturated heterocycles. The third-order valence-corrected chi connectivity index (χ3v) is 3.19. The van der Waals surface area contributed by atoms with Crippen molar-refractivity contribution in [3.8, 4) is 0 Å². The summed E-state index contributed by atoms with van der Waals surface area (Å²) in [6.45, 7) is 3.82. The Morgan fingerprint density at radius 1 is 1.12 bits per heavy atom. The van der Waals surface area contributed by atoms with E-state index in [1.165, 1.54) is 6.07 Å². The summed E-state index contributed by atoms with van der Waals surface area (Å²) >= 11 is 0. The Hall–Kier alpha value is -1.41. The van der Waals surface area contributed by atoms with Crippen molar-refractivity contribution < 1.29 is 9.50 Å². The average molecular weight is 232 g/mol. The van der Waals surface area contributed by atoms with Crippen LogP contribution in [0.3, 0.4) is 0 Å². The van der Waals surface area contributed by atoms with Crippen LogP contribution in [0.1, 0.15) is 32.3 Å². The SMILES string of the molecule is CCC[C@](C)(O)c1ccc(F)c2ccccc12. The molecule has 0 radical (unpaired) electrons. The van der Waals surface area contributed by atoms with Crippen molar-refractivity contribution in [3.63, 3.8) is 0 Å². The van der Waals surface area contributed by atoms with Crippen LogP contribution in [0.2, 0.25) is 0 Å². The molecule has 0 fully saturated rings. The van der Waals surface area contributed by atoms with Gasteiger partial charge in [0.25, 0.3) is 0 Å². The minimum atomic E-state index is -0.901. The fraction of sp³-hybridized carbons (Fsp3) is 0.333. The summed E-state index contributed by atoms with van der Waals surface area (Å²) in [7, 11) is 0. The molecule has 0 heterocycles. The van der Waals surface area contributed by atoms with E-state index in [9.17, 15) is 9.50 Å². The third kappa shape index (κ3) is 2.18. The van der Waals surface area contributed by atoms with E-state index in [-0.39, 0.29) is 5.82 Å². The summed E-state index contributed by atoms with van der Waals surface area (Å²) in [5.41, 5.74) is -0.0986. The second-order valence-electron chi connectivity index (χ2n) is 4.66. The van der Waals surface area contributed by atoms with Crippen molar-refractivity contribution >= 4 is 10.8 Å². The number of benzene rings is 2. The molecule has 0 bridgehead atoms. The van der Waals surface area contributed by atoms with E-state index in [0.717, 1.165) is 17.4 Å². The van der Waals surface area contributed by atoms with Gasteiger partial charge in [-0.05, 0) is 30.4 Å². The maximum Gasteiger partial charge on any atom is 0.131 e. The van der Waals surface area contributed by atoms with E-state index in [2.05, 4.69) is 0 Å². The lowest BCUT2D eigenvalue weighted by Crippen LogP contribution is -2.21. The quantitative estimate of drug-likeness (QED) is 0.848. The highest BCUT2D eigenvalue weighted by Gasteiger charge is 2.24. The van der Waals surface area contributed by atoms with Gasteiger partial charge in [0.15, 0.2) is 0 Å². The van der Waals surface area contributed by atoms with E-state index >= 15 is 0 Å². The molecule has 0 saturated carbocycles. The second-order valence-corrected chi connectivity index (χ2v) is 4.66. The molecule has 1 atom stereocenters. The van der Waals surface area contributed by atoms with E-state index in [1.54, 1.807) is 19.1 Å². The van der Waals surface area contributed by atoms with Gasteiger partial charge in [-0.25, -0.2) is 4.39 Å². The zero-order valence-corrected chi connectivity index (χ0v) is 10.2. The van der Waals surface area contributed by atoms with Crippen molar-refractivity contribution in [1.82, 2.24) is 0 Å². The molecule has 2 aromatic carbocycles. The van der Waals surface area contributed by atoms with Crippen LogP contribution in [-0.2, 0) is 5.60 Å². The summed E-state index contributed by atoms with van der Waals surface area (Å²) in [6.07, 6.45) is 1.56. The first-order valence-corrected chi connectivity index (χ1v) is 5.96. The summed E-state index contributed by atoms with van der Waals surface area (Å²) < 4.78 is 13.7. The van der Waals surface area contributed by atoms with Crippen LogP contribution in [0.15, 0.2) is 36.4 Å². The van der Waals surface area contributed by atoms with Crippen LogP contribution in [0.5, 0.6) is 0 Å². The minimum Gasteiger partial charge on any atom is -0.385 e. The lowest BCUT2D eigenvalue weighted by atomic mass is 9.87. The molecule has 0 aliphatic rings.